The number of aliphatic hydroxyl groups is 1. The van der Waals surface area contributed by atoms with Crippen LogP contribution in [0.25, 0.3) is 0 Å². The minimum atomic E-state index is -0.760. The summed E-state index contributed by atoms with van der Waals surface area (Å²) in [6.45, 7) is 3.98. The lowest BCUT2D eigenvalue weighted by Gasteiger charge is -2.34. The highest BCUT2D eigenvalue weighted by atomic mass is 16.3. The van der Waals surface area contributed by atoms with E-state index in [4.69, 9.17) is 5.11 Å². The second-order valence-corrected chi connectivity index (χ2v) is 5.97. The van der Waals surface area contributed by atoms with Gasteiger partial charge in [-0.2, -0.15) is 5.26 Å². The van der Waals surface area contributed by atoms with Crippen LogP contribution in [0.3, 0.4) is 0 Å². The molecule has 0 unspecified atom stereocenters. The Morgan fingerprint density at radius 3 is 2.50 bits per heavy atom. The summed E-state index contributed by atoms with van der Waals surface area (Å²) in [6.07, 6.45) is 5.49. The zero-order valence-corrected chi connectivity index (χ0v) is 12.2. The number of nitrogens with zero attached hydrogens (tertiary/aromatic N) is 3. The molecule has 1 saturated carbocycles. The molecule has 5 nitrogen and oxygen atoms in total. The molecule has 2 rings (SSSR count). The van der Waals surface area contributed by atoms with Gasteiger partial charge in [0.05, 0.1) is 12.7 Å². The van der Waals surface area contributed by atoms with Gasteiger partial charge in [0.25, 0.3) is 0 Å². The van der Waals surface area contributed by atoms with Gasteiger partial charge in [0, 0.05) is 26.2 Å². The van der Waals surface area contributed by atoms with E-state index in [2.05, 4.69) is 11.0 Å². The molecule has 0 aromatic heterocycles. The van der Waals surface area contributed by atoms with Crippen molar-refractivity contribution in [3.05, 3.63) is 0 Å². The molecule has 0 aromatic carbocycles. The van der Waals surface area contributed by atoms with Gasteiger partial charge in [-0.25, -0.2) is 0 Å². The Morgan fingerprint density at radius 2 is 1.85 bits per heavy atom. The van der Waals surface area contributed by atoms with Crippen molar-refractivity contribution in [2.45, 2.75) is 38.5 Å². The number of rotatable bonds is 3. The van der Waals surface area contributed by atoms with Gasteiger partial charge >= 0.3 is 0 Å². The van der Waals surface area contributed by atoms with E-state index in [1.54, 1.807) is 0 Å². The SMILES string of the molecule is N#CC1(C(=O)N2CCCN(CCO)CC2)CCCCC1. The van der Waals surface area contributed by atoms with E-state index in [0.717, 1.165) is 58.2 Å². The fraction of sp³-hybridized carbons (Fsp3) is 0.867. The molecule has 1 N–H and O–H groups in total. The van der Waals surface area contributed by atoms with E-state index in [-0.39, 0.29) is 12.5 Å². The zero-order valence-electron chi connectivity index (χ0n) is 12.2. The van der Waals surface area contributed by atoms with Crippen molar-refractivity contribution >= 4 is 5.91 Å². The molecule has 2 fully saturated rings. The summed E-state index contributed by atoms with van der Waals surface area (Å²) in [5, 5.41) is 18.5. The molecule has 2 aliphatic rings. The van der Waals surface area contributed by atoms with Crippen LogP contribution in [0.2, 0.25) is 0 Å². The van der Waals surface area contributed by atoms with Crippen LogP contribution in [-0.2, 0) is 4.79 Å². The molecule has 1 amide bonds. The first-order chi connectivity index (χ1) is 9.72. The normalized spacial score (nSPS) is 23.9. The van der Waals surface area contributed by atoms with E-state index < -0.39 is 5.41 Å². The van der Waals surface area contributed by atoms with Gasteiger partial charge in [0.15, 0.2) is 0 Å². The number of carbonyl (C=O) groups is 1. The van der Waals surface area contributed by atoms with Crippen molar-refractivity contribution in [1.82, 2.24) is 9.80 Å². The second kappa shape index (κ2) is 7.05. The molecule has 0 radical (unpaired) electrons. The largest absolute Gasteiger partial charge is 0.395 e. The summed E-state index contributed by atoms with van der Waals surface area (Å²) in [4.78, 5) is 16.8. The number of hydrogen-bond donors (Lipinski definition) is 1. The van der Waals surface area contributed by atoms with E-state index in [0.29, 0.717) is 13.1 Å². The second-order valence-electron chi connectivity index (χ2n) is 5.97. The highest BCUT2D eigenvalue weighted by molar-refractivity contribution is 5.85. The molecule has 1 heterocycles. The van der Waals surface area contributed by atoms with Crippen molar-refractivity contribution < 1.29 is 9.90 Å². The number of aliphatic hydroxyl groups excluding tert-OH is 1. The number of nitriles is 1. The molecule has 1 saturated heterocycles. The van der Waals surface area contributed by atoms with Crippen molar-refractivity contribution in [1.29, 1.82) is 5.26 Å². The molecule has 1 aliphatic heterocycles. The fourth-order valence-electron chi connectivity index (χ4n) is 3.37. The Balaban J connectivity index is 1.99. The van der Waals surface area contributed by atoms with Gasteiger partial charge < -0.3 is 10.0 Å². The van der Waals surface area contributed by atoms with Crippen molar-refractivity contribution in [3.63, 3.8) is 0 Å². The summed E-state index contributed by atoms with van der Waals surface area (Å²) in [5.74, 6) is 0.0468. The minimum absolute atomic E-state index is 0.0468. The lowest BCUT2D eigenvalue weighted by Crippen LogP contribution is -2.46. The van der Waals surface area contributed by atoms with Crippen molar-refractivity contribution in [2.75, 3.05) is 39.3 Å². The van der Waals surface area contributed by atoms with Crippen LogP contribution in [0.1, 0.15) is 38.5 Å². The lowest BCUT2D eigenvalue weighted by atomic mass is 9.74. The van der Waals surface area contributed by atoms with Crippen LogP contribution in [0.4, 0.5) is 0 Å². The number of hydrogen-bond acceptors (Lipinski definition) is 4. The molecular weight excluding hydrogens is 254 g/mol. The smallest absolute Gasteiger partial charge is 0.243 e. The molecule has 5 heteroatoms. The van der Waals surface area contributed by atoms with Crippen LogP contribution in [0.15, 0.2) is 0 Å². The Hall–Kier alpha value is -1.12. The molecule has 112 valence electrons. The topological polar surface area (TPSA) is 67.6 Å². The molecule has 1 aliphatic carbocycles. The third-order valence-corrected chi connectivity index (χ3v) is 4.62. The van der Waals surface area contributed by atoms with Gasteiger partial charge in [-0.15, -0.1) is 0 Å². The predicted molar refractivity (Wildman–Crippen MR) is 75.9 cm³/mol. The Morgan fingerprint density at radius 1 is 1.10 bits per heavy atom. The van der Waals surface area contributed by atoms with Crippen molar-refractivity contribution in [3.8, 4) is 6.07 Å². The summed E-state index contributed by atoms with van der Waals surface area (Å²) >= 11 is 0. The summed E-state index contributed by atoms with van der Waals surface area (Å²) in [7, 11) is 0. The third kappa shape index (κ3) is 3.31. The first-order valence-corrected chi connectivity index (χ1v) is 7.76. The van der Waals surface area contributed by atoms with Crippen LogP contribution < -0.4 is 0 Å². The molecular formula is C15H25N3O2. The van der Waals surface area contributed by atoms with Crippen LogP contribution in [-0.4, -0.2) is 60.1 Å². The minimum Gasteiger partial charge on any atom is -0.395 e. The summed E-state index contributed by atoms with van der Waals surface area (Å²) in [5.41, 5.74) is -0.760. The maximum atomic E-state index is 12.8. The average molecular weight is 279 g/mol. The zero-order chi connectivity index (χ0) is 14.4. The van der Waals surface area contributed by atoms with E-state index in [1.165, 1.54) is 0 Å². The van der Waals surface area contributed by atoms with E-state index in [1.807, 2.05) is 4.90 Å². The Labute approximate surface area is 121 Å². The maximum Gasteiger partial charge on any atom is 0.243 e. The quantitative estimate of drug-likeness (QED) is 0.836. The fourth-order valence-corrected chi connectivity index (χ4v) is 3.37. The molecule has 0 bridgehead atoms. The van der Waals surface area contributed by atoms with Gasteiger partial charge in [-0.1, -0.05) is 19.3 Å². The molecule has 0 atom stereocenters. The van der Waals surface area contributed by atoms with Gasteiger partial charge in [0.2, 0.25) is 5.91 Å². The number of amides is 1. The summed E-state index contributed by atoms with van der Waals surface area (Å²) < 4.78 is 0. The first-order valence-electron chi connectivity index (χ1n) is 7.76. The highest BCUT2D eigenvalue weighted by Crippen LogP contribution is 2.37. The van der Waals surface area contributed by atoms with Crippen LogP contribution >= 0.6 is 0 Å². The molecule has 0 aromatic rings. The Bertz CT molecular complexity index is 372. The van der Waals surface area contributed by atoms with Crippen LogP contribution in [0, 0.1) is 16.7 Å². The predicted octanol–water partition coefficient (Wildman–Crippen LogP) is 0.987. The third-order valence-electron chi connectivity index (χ3n) is 4.62. The highest BCUT2D eigenvalue weighted by Gasteiger charge is 2.42. The average Bonchev–Trinajstić information content (AvgIpc) is 2.73. The standard InChI is InChI=1S/C15H25N3O2/c16-13-15(5-2-1-3-6-15)14(20)18-8-4-7-17(9-10-18)11-12-19/h19H,1-12H2. The number of β-amino-alcohol motifs (C(OH)–C–C–N with tert-alkyl or cyclic N) is 1. The van der Waals surface area contributed by atoms with Crippen LogP contribution in [0.5, 0.6) is 0 Å². The lowest BCUT2D eigenvalue weighted by molar-refractivity contribution is -0.140. The van der Waals surface area contributed by atoms with E-state index >= 15 is 0 Å². The monoisotopic (exact) mass is 279 g/mol. The molecule has 0 spiro atoms. The first kappa shape index (κ1) is 15.3. The maximum absolute atomic E-state index is 12.8. The van der Waals surface area contributed by atoms with Gasteiger partial charge in [-0.05, 0) is 25.8 Å². The number of carbonyl (C=O) groups excluding carboxylic acids is 1. The summed E-state index contributed by atoms with van der Waals surface area (Å²) in [6, 6.07) is 2.33. The molecule has 20 heavy (non-hydrogen) atoms. The van der Waals surface area contributed by atoms with Crippen molar-refractivity contribution in [2.24, 2.45) is 5.41 Å². The van der Waals surface area contributed by atoms with Gasteiger partial charge in [0.1, 0.15) is 5.41 Å². The Kier molecular flexibility index (Phi) is 5.38. The van der Waals surface area contributed by atoms with Gasteiger partial charge in [-0.3, -0.25) is 9.69 Å². The van der Waals surface area contributed by atoms with E-state index in [9.17, 15) is 10.1 Å².